The first-order valence-electron chi connectivity index (χ1n) is 11.3. The summed E-state index contributed by atoms with van der Waals surface area (Å²) in [4.78, 5) is 13.9. The maximum Gasteiger partial charge on any atom is 0.191 e. The van der Waals surface area contributed by atoms with Gasteiger partial charge in [-0.25, -0.2) is 9.98 Å². The fraction of sp³-hybridized carbons (Fsp3) is 0.500. The molecule has 1 aliphatic rings. The van der Waals surface area contributed by atoms with E-state index < -0.39 is 0 Å². The van der Waals surface area contributed by atoms with E-state index in [9.17, 15) is 0 Å². The van der Waals surface area contributed by atoms with Gasteiger partial charge in [-0.05, 0) is 42.6 Å². The predicted molar refractivity (Wildman–Crippen MR) is 130 cm³/mol. The number of rotatable bonds is 9. The lowest BCUT2D eigenvalue weighted by molar-refractivity contribution is 0.132. The Kier molecular flexibility index (Phi) is 9.59. The summed E-state index contributed by atoms with van der Waals surface area (Å²) in [6.07, 6.45) is 2.69. The number of piperazine rings is 1. The van der Waals surface area contributed by atoms with Crippen molar-refractivity contribution in [1.29, 1.82) is 0 Å². The van der Waals surface area contributed by atoms with Crippen molar-refractivity contribution in [2.24, 2.45) is 4.99 Å². The second kappa shape index (κ2) is 12.6. The molecule has 6 nitrogen and oxygen atoms in total. The number of halogens is 1. The topological polar surface area (TPSA) is 55.8 Å². The highest BCUT2D eigenvalue weighted by Crippen LogP contribution is 2.11. The molecule has 1 fully saturated rings. The third-order valence-electron chi connectivity index (χ3n) is 5.60. The zero-order chi connectivity index (χ0) is 21.9. The van der Waals surface area contributed by atoms with Gasteiger partial charge in [-0.1, -0.05) is 48.9 Å². The zero-order valence-corrected chi connectivity index (χ0v) is 19.5. The number of nitrogens with one attached hydrogen (secondary N) is 2. The third-order valence-corrected chi connectivity index (χ3v) is 5.82. The normalized spacial score (nSPS) is 15.8. The van der Waals surface area contributed by atoms with Crippen LogP contribution in [0.25, 0.3) is 0 Å². The zero-order valence-electron chi connectivity index (χ0n) is 18.8. The van der Waals surface area contributed by atoms with E-state index in [0.717, 1.165) is 57.2 Å². The second-order valence-electron chi connectivity index (χ2n) is 7.89. The second-order valence-corrected chi connectivity index (χ2v) is 8.28. The van der Waals surface area contributed by atoms with Gasteiger partial charge in [-0.15, -0.1) is 0 Å². The number of aliphatic imine (C=N–C) groups is 1. The molecule has 0 aliphatic carbocycles. The van der Waals surface area contributed by atoms with Gasteiger partial charge in [0.25, 0.3) is 0 Å². The number of pyridine rings is 1. The number of guanidine groups is 1. The van der Waals surface area contributed by atoms with Gasteiger partial charge in [0.05, 0.1) is 6.54 Å². The van der Waals surface area contributed by atoms with Crippen molar-refractivity contribution in [2.45, 2.75) is 33.4 Å². The van der Waals surface area contributed by atoms with E-state index >= 15 is 0 Å². The van der Waals surface area contributed by atoms with Crippen LogP contribution in [0.4, 0.5) is 0 Å². The van der Waals surface area contributed by atoms with Gasteiger partial charge in [0.1, 0.15) is 5.15 Å². The van der Waals surface area contributed by atoms with Crippen molar-refractivity contribution < 1.29 is 0 Å². The first kappa shape index (κ1) is 23.5. The van der Waals surface area contributed by atoms with Gasteiger partial charge < -0.3 is 15.5 Å². The van der Waals surface area contributed by atoms with Crippen molar-refractivity contribution in [3.05, 3.63) is 64.4 Å². The maximum atomic E-state index is 5.85. The molecule has 1 aliphatic heterocycles. The molecular formula is C24H35ClN6. The van der Waals surface area contributed by atoms with Crippen LogP contribution >= 0.6 is 11.6 Å². The Morgan fingerprint density at radius 3 is 2.26 bits per heavy atom. The van der Waals surface area contributed by atoms with Gasteiger partial charge in [0.2, 0.25) is 0 Å². The van der Waals surface area contributed by atoms with E-state index in [4.69, 9.17) is 16.6 Å². The van der Waals surface area contributed by atoms with E-state index in [0.29, 0.717) is 11.7 Å². The first-order chi connectivity index (χ1) is 15.2. The molecule has 31 heavy (non-hydrogen) atoms. The lowest BCUT2D eigenvalue weighted by Crippen LogP contribution is -2.45. The summed E-state index contributed by atoms with van der Waals surface area (Å²) >= 11 is 5.85. The smallest absolute Gasteiger partial charge is 0.191 e. The summed E-state index contributed by atoms with van der Waals surface area (Å²) in [7, 11) is 0. The van der Waals surface area contributed by atoms with Crippen LogP contribution in [-0.2, 0) is 19.5 Å². The molecule has 3 rings (SSSR count). The third kappa shape index (κ3) is 8.13. The summed E-state index contributed by atoms with van der Waals surface area (Å²) in [5, 5.41) is 7.23. The molecule has 0 unspecified atom stereocenters. The van der Waals surface area contributed by atoms with Crippen molar-refractivity contribution in [3.8, 4) is 0 Å². The summed E-state index contributed by atoms with van der Waals surface area (Å²) in [5.41, 5.74) is 3.75. The Labute approximate surface area is 191 Å². The van der Waals surface area contributed by atoms with Crippen molar-refractivity contribution in [3.63, 3.8) is 0 Å². The quantitative estimate of drug-likeness (QED) is 0.355. The average Bonchev–Trinajstić information content (AvgIpc) is 2.80. The van der Waals surface area contributed by atoms with Gasteiger partial charge in [-0.3, -0.25) is 4.90 Å². The maximum absolute atomic E-state index is 5.85. The summed E-state index contributed by atoms with van der Waals surface area (Å²) in [6, 6.07) is 12.7. The van der Waals surface area contributed by atoms with Crippen molar-refractivity contribution in [1.82, 2.24) is 25.4 Å². The number of aromatic nitrogens is 1. The Hall–Kier alpha value is -2.15. The number of hydrogen-bond donors (Lipinski definition) is 2. The monoisotopic (exact) mass is 442 g/mol. The fourth-order valence-electron chi connectivity index (χ4n) is 3.66. The predicted octanol–water partition coefficient (Wildman–Crippen LogP) is 3.17. The average molecular weight is 443 g/mol. The van der Waals surface area contributed by atoms with Gasteiger partial charge in [0, 0.05) is 52.0 Å². The van der Waals surface area contributed by atoms with E-state index in [1.807, 2.05) is 18.3 Å². The molecule has 1 aromatic heterocycles. The Bertz CT molecular complexity index is 798. The highest BCUT2D eigenvalue weighted by molar-refractivity contribution is 6.29. The highest BCUT2D eigenvalue weighted by atomic mass is 35.5. The number of likely N-dealkylation sites (N-methyl/N-ethyl adjacent to an activating group) is 1. The molecular weight excluding hydrogens is 408 g/mol. The highest BCUT2D eigenvalue weighted by Gasteiger charge is 2.15. The van der Waals surface area contributed by atoms with E-state index in [2.05, 4.69) is 63.5 Å². The molecule has 1 saturated heterocycles. The Balaban J connectivity index is 1.45. The van der Waals surface area contributed by atoms with Crippen LogP contribution < -0.4 is 10.6 Å². The van der Waals surface area contributed by atoms with Crippen LogP contribution in [0, 0.1) is 0 Å². The van der Waals surface area contributed by atoms with Crippen molar-refractivity contribution in [2.75, 3.05) is 45.8 Å². The lowest BCUT2D eigenvalue weighted by Gasteiger charge is -2.34. The minimum absolute atomic E-state index is 0.525. The fourth-order valence-corrected chi connectivity index (χ4v) is 3.78. The molecule has 2 N–H and O–H groups in total. The first-order valence-corrected chi connectivity index (χ1v) is 11.7. The van der Waals surface area contributed by atoms with Crippen LogP contribution in [0.15, 0.2) is 47.6 Å². The molecule has 168 valence electrons. The molecule has 0 radical (unpaired) electrons. The van der Waals surface area contributed by atoms with Crippen LogP contribution in [-0.4, -0.2) is 66.6 Å². The Morgan fingerprint density at radius 1 is 0.935 bits per heavy atom. The van der Waals surface area contributed by atoms with Gasteiger partial charge >= 0.3 is 0 Å². The molecule has 0 spiro atoms. The van der Waals surface area contributed by atoms with Crippen LogP contribution in [0.3, 0.4) is 0 Å². The summed E-state index contributed by atoms with van der Waals surface area (Å²) in [6.45, 7) is 13.5. The number of nitrogens with zero attached hydrogens (tertiary/aromatic N) is 4. The van der Waals surface area contributed by atoms with Gasteiger partial charge in [0.15, 0.2) is 5.96 Å². The van der Waals surface area contributed by atoms with Crippen LogP contribution in [0.2, 0.25) is 5.15 Å². The minimum Gasteiger partial charge on any atom is -0.357 e. The molecule has 0 atom stereocenters. The number of benzene rings is 1. The van der Waals surface area contributed by atoms with Crippen LogP contribution in [0.1, 0.15) is 30.5 Å². The summed E-state index contributed by atoms with van der Waals surface area (Å²) < 4.78 is 0. The molecule has 0 amide bonds. The van der Waals surface area contributed by atoms with E-state index in [1.54, 1.807) is 0 Å². The lowest BCUT2D eigenvalue weighted by atomic mass is 10.1. The minimum atomic E-state index is 0.525. The molecule has 0 bridgehead atoms. The Morgan fingerprint density at radius 2 is 1.61 bits per heavy atom. The van der Waals surface area contributed by atoms with E-state index in [-0.39, 0.29) is 0 Å². The molecule has 7 heteroatoms. The molecule has 2 heterocycles. The number of hydrogen-bond acceptors (Lipinski definition) is 4. The van der Waals surface area contributed by atoms with Crippen LogP contribution in [0.5, 0.6) is 0 Å². The van der Waals surface area contributed by atoms with Gasteiger partial charge in [-0.2, -0.15) is 0 Å². The standard InChI is InChI=1S/C24H35ClN6/c1-3-26-24(27-12-11-21-9-10-23(25)28-17-21)29-18-20-5-7-22(8-6-20)19-31-15-13-30(4-2)14-16-31/h5-10,17H,3-4,11-16,18-19H2,1-2H3,(H2,26,27,29). The van der Waals surface area contributed by atoms with E-state index in [1.165, 1.54) is 24.2 Å². The molecule has 0 saturated carbocycles. The largest absolute Gasteiger partial charge is 0.357 e. The summed E-state index contributed by atoms with van der Waals surface area (Å²) in [5.74, 6) is 0.835. The molecule has 1 aromatic carbocycles. The molecule has 2 aromatic rings. The SMILES string of the molecule is CCNC(=NCc1ccc(CN2CCN(CC)CC2)cc1)NCCc1ccc(Cl)nc1. The van der Waals surface area contributed by atoms with Crippen molar-refractivity contribution >= 4 is 17.6 Å².